The van der Waals surface area contributed by atoms with E-state index in [0.29, 0.717) is 56.9 Å². The van der Waals surface area contributed by atoms with Crippen molar-refractivity contribution in [1.82, 2.24) is 4.90 Å². The zero-order valence-corrected chi connectivity index (χ0v) is 47.7. The molecule has 1 aliphatic carbocycles. The molecule has 21 heteroatoms. The Morgan fingerprint density at radius 3 is 2.24 bits per heavy atom. The largest absolute Gasteiger partial charge is 0.511 e. The number of ether oxygens (including phenoxy) is 8. The van der Waals surface area contributed by atoms with E-state index in [4.69, 9.17) is 37.9 Å². The molecule has 3 saturated heterocycles. The summed E-state index contributed by atoms with van der Waals surface area (Å²) in [6, 6.07) is -1.25. The number of ketones is 3. The number of aliphatic hydroxyl groups excluding tert-OH is 5. The van der Waals surface area contributed by atoms with Gasteiger partial charge in [-0.25, -0.2) is 9.59 Å². The molecule has 21 nitrogen and oxygen atoms in total. The van der Waals surface area contributed by atoms with Crippen molar-refractivity contribution in [2.45, 2.75) is 204 Å². The van der Waals surface area contributed by atoms with Gasteiger partial charge in [0.15, 0.2) is 11.9 Å². The van der Waals surface area contributed by atoms with Gasteiger partial charge in [-0.2, -0.15) is 0 Å². The van der Waals surface area contributed by atoms with Crippen LogP contribution in [0.3, 0.4) is 0 Å². The summed E-state index contributed by atoms with van der Waals surface area (Å²) >= 11 is 0. The third kappa shape index (κ3) is 16.5. The molecule has 2 bridgehead atoms. The van der Waals surface area contributed by atoms with Crippen LogP contribution >= 0.6 is 0 Å². The van der Waals surface area contributed by atoms with Crippen molar-refractivity contribution in [2.24, 2.45) is 35.5 Å². The Labute approximate surface area is 464 Å². The first kappa shape index (κ1) is 65.5. The highest BCUT2D eigenvalue weighted by Gasteiger charge is 2.55. The van der Waals surface area contributed by atoms with Crippen molar-refractivity contribution in [3.8, 4) is 0 Å². The molecule has 4 heterocycles. The zero-order valence-electron chi connectivity index (χ0n) is 47.7. The number of rotatable bonds is 9. The summed E-state index contributed by atoms with van der Waals surface area (Å²) in [5.74, 6) is -11.5. The molecule has 5 aliphatic rings. The number of aliphatic hydroxyl groups is 6. The van der Waals surface area contributed by atoms with Crippen LogP contribution < -0.4 is 0 Å². The maximum absolute atomic E-state index is 14.6. The minimum absolute atomic E-state index is 0.0127. The highest BCUT2D eigenvalue weighted by Crippen LogP contribution is 2.39. The number of carbonyl (C=O) groups excluding carboxylic acids is 6. The highest BCUT2D eigenvalue weighted by atomic mass is 16.8. The Morgan fingerprint density at radius 2 is 1.57 bits per heavy atom. The second kappa shape index (κ2) is 29.6. The topological polar surface area (TPSA) is 301 Å². The summed E-state index contributed by atoms with van der Waals surface area (Å²) in [5.41, 5.74) is 1.16. The van der Waals surface area contributed by atoms with Crippen molar-refractivity contribution < 1.29 is 97.3 Å². The molecule has 1 saturated carbocycles. The predicted molar refractivity (Wildman–Crippen MR) is 284 cm³/mol. The normalized spacial score (nSPS) is 41.1. The lowest BCUT2D eigenvalue weighted by Gasteiger charge is -2.43. The van der Waals surface area contributed by atoms with Crippen LogP contribution in [-0.2, 0) is 61.9 Å². The number of hydrogen-bond donors (Lipinski definition) is 6. The molecule has 0 aromatic heterocycles. The Hall–Kier alpha value is -4.26. The molecule has 0 radical (unpaired) electrons. The fourth-order valence-electron chi connectivity index (χ4n) is 11.7. The van der Waals surface area contributed by atoms with E-state index < -0.39 is 139 Å². The van der Waals surface area contributed by atoms with Gasteiger partial charge in [-0.3, -0.25) is 19.2 Å². The number of esters is 1. The summed E-state index contributed by atoms with van der Waals surface area (Å²) in [6.07, 6.45) is 1.77. The second-order valence-electron chi connectivity index (χ2n) is 22.8. The average Bonchev–Trinajstić information content (AvgIpc) is 3.58. The van der Waals surface area contributed by atoms with Crippen LogP contribution in [0.15, 0.2) is 47.6 Å². The fraction of sp³-hybridized carbons (Fsp3) is 0.759. The van der Waals surface area contributed by atoms with E-state index in [2.05, 4.69) is 0 Å². The van der Waals surface area contributed by atoms with Gasteiger partial charge in [0.25, 0.3) is 17.5 Å². The Bertz CT molecular complexity index is 2210. The lowest BCUT2D eigenvalue weighted by Crippen LogP contribution is -2.64. The number of fused-ring (bicyclic) bond motifs is 3. The average molecular weight is 1120 g/mol. The summed E-state index contributed by atoms with van der Waals surface area (Å²) in [6.45, 7) is 10.7. The fourth-order valence-corrected chi connectivity index (χ4v) is 11.7. The molecule has 0 aromatic carbocycles. The molecule has 446 valence electrons. The van der Waals surface area contributed by atoms with E-state index in [1.54, 1.807) is 40.9 Å². The van der Waals surface area contributed by atoms with Gasteiger partial charge in [-0.05, 0) is 107 Å². The van der Waals surface area contributed by atoms with E-state index in [0.717, 1.165) is 10.5 Å². The molecule has 0 spiro atoms. The van der Waals surface area contributed by atoms with E-state index in [9.17, 15) is 59.4 Å². The first-order chi connectivity index (χ1) is 37.3. The van der Waals surface area contributed by atoms with Gasteiger partial charge in [0.1, 0.15) is 55.1 Å². The standard InChI is InChI=1S/C58H89NO20/c1-32-16-12-11-13-17-33(2)45(72-8)28-40-21-19-38(7)58(71,78-40)53(67)54(68)59-23-15-14-18-41(59)55(69)76-46(29-42(61)34(3)25-37(6)49(64)51(74-10)48(63)36(5)24-32)35(4)26-39-20-22-44(47(27-39)73-9)77-56(70)79-57(31-60)52(66)50(65)43(62)30-75-57/h11-13,16-17,25,32,34-36,38-41,43-47,49-52,60,62,64-66,71H,14-15,18-24,26-31H2,1-10H3/b13-11+,16-12+,33-17+,37-25+/t32-,34-,35-,36-,38-,39?,40+,41?,43?,44-,45+,46+,47-,49-,50-,51+,52+,57?,58-/m1/s1. The van der Waals surface area contributed by atoms with Crippen molar-refractivity contribution in [1.29, 1.82) is 0 Å². The summed E-state index contributed by atoms with van der Waals surface area (Å²) in [7, 11) is 4.32. The maximum atomic E-state index is 14.6. The third-order valence-electron chi connectivity index (χ3n) is 16.8. The monoisotopic (exact) mass is 1120 g/mol. The first-order valence-corrected chi connectivity index (χ1v) is 28.0. The van der Waals surface area contributed by atoms with Gasteiger partial charge in [0, 0.05) is 58.5 Å². The lowest BCUT2D eigenvalue weighted by atomic mass is 9.78. The van der Waals surface area contributed by atoms with E-state index >= 15 is 0 Å². The van der Waals surface area contributed by atoms with Crippen LogP contribution in [0, 0.1) is 35.5 Å². The Morgan fingerprint density at radius 1 is 0.848 bits per heavy atom. The number of piperidine rings is 1. The van der Waals surface area contributed by atoms with Crippen molar-refractivity contribution in [3.05, 3.63) is 47.6 Å². The Kier molecular flexibility index (Phi) is 24.6. The molecular weight excluding hydrogens is 1030 g/mol. The molecule has 4 fully saturated rings. The second-order valence-corrected chi connectivity index (χ2v) is 22.8. The minimum atomic E-state index is -2.50. The first-order valence-electron chi connectivity index (χ1n) is 28.0. The number of hydrogen-bond acceptors (Lipinski definition) is 20. The van der Waals surface area contributed by atoms with Crippen LogP contribution in [0.25, 0.3) is 0 Å². The summed E-state index contributed by atoms with van der Waals surface area (Å²) in [5, 5.41) is 64.3. The van der Waals surface area contributed by atoms with Gasteiger partial charge in [0.05, 0.1) is 24.9 Å². The van der Waals surface area contributed by atoms with Crippen molar-refractivity contribution in [3.63, 3.8) is 0 Å². The van der Waals surface area contributed by atoms with Gasteiger partial charge in [-0.1, -0.05) is 71.1 Å². The highest BCUT2D eigenvalue weighted by molar-refractivity contribution is 6.39. The van der Waals surface area contributed by atoms with Gasteiger partial charge in [-0.15, -0.1) is 0 Å². The lowest BCUT2D eigenvalue weighted by molar-refractivity contribution is -0.333. The number of methoxy groups -OCH3 is 3. The molecule has 4 unspecified atom stereocenters. The number of allylic oxidation sites excluding steroid dienone is 6. The molecule has 79 heavy (non-hydrogen) atoms. The summed E-state index contributed by atoms with van der Waals surface area (Å²) in [4.78, 5) is 85.8. The number of carbonyl (C=O) groups is 6. The number of cyclic esters (lactones) is 1. The predicted octanol–water partition coefficient (Wildman–Crippen LogP) is 4.14. The van der Waals surface area contributed by atoms with Gasteiger partial charge in [0.2, 0.25) is 5.79 Å². The number of nitrogens with zero attached hydrogens (tertiary/aromatic N) is 1. The van der Waals surface area contributed by atoms with Crippen molar-refractivity contribution >= 4 is 35.4 Å². The van der Waals surface area contributed by atoms with Gasteiger partial charge >= 0.3 is 12.1 Å². The quantitative estimate of drug-likeness (QED) is 0.107. The van der Waals surface area contributed by atoms with E-state index in [1.807, 2.05) is 51.2 Å². The zero-order chi connectivity index (χ0) is 58.5. The van der Waals surface area contributed by atoms with E-state index in [1.165, 1.54) is 14.2 Å². The molecular formula is C58H89NO20. The van der Waals surface area contributed by atoms with Crippen molar-refractivity contribution in [2.75, 3.05) is 41.1 Å². The smallest absolute Gasteiger partial charge is 0.460 e. The molecule has 1 amide bonds. The van der Waals surface area contributed by atoms with Gasteiger partial charge < -0.3 is 73.4 Å². The number of amides is 1. The maximum Gasteiger partial charge on any atom is 0.511 e. The van der Waals surface area contributed by atoms with E-state index in [-0.39, 0.29) is 55.6 Å². The minimum Gasteiger partial charge on any atom is -0.460 e. The molecule has 6 N–H and O–H groups in total. The summed E-state index contributed by atoms with van der Waals surface area (Å²) < 4.78 is 45.7. The number of Topliss-reactive ketones (excluding diaryl/α,β-unsaturated/α-hetero) is 3. The van der Waals surface area contributed by atoms with Crippen LogP contribution in [0.4, 0.5) is 4.79 Å². The van der Waals surface area contributed by atoms with Crippen LogP contribution in [0.2, 0.25) is 0 Å². The SMILES string of the molecule is CO[C@H]1C[C@@H]2CC[C@@H](C)[C@@](O)(O2)C(=O)C(=O)N2CCCCC2C(=O)O[C@H]([C@H](C)CC2CC[C@@H](OC(=O)OC3(CO)OCC(O)[C@@H](O)[C@@H]3O)[C@H](OC)C2)CC(=O)[C@H](C)/C=C(\C)[C@@H](O)[C@@H](OC)C(=O)[C@H](C)C[C@H](C)/C=C/C=C/C=C/1C. The Balaban J connectivity index is 1.42. The van der Waals surface area contributed by atoms with Crippen LogP contribution in [0.1, 0.15) is 126 Å². The molecule has 0 aromatic rings. The van der Waals surface area contributed by atoms with Crippen LogP contribution in [-0.4, -0.2) is 191 Å². The third-order valence-corrected chi connectivity index (χ3v) is 16.8. The van der Waals surface area contributed by atoms with Crippen LogP contribution in [0.5, 0.6) is 0 Å². The molecule has 4 aliphatic heterocycles. The molecule has 19 atom stereocenters. The molecule has 5 rings (SSSR count).